The van der Waals surface area contributed by atoms with Gasteiger partial charge >= 0.3 is 0 Å². The standard InChI is InChI=1S/C7H7N3O2/c8-6(11)5-4-9-10-2-1-3-12-7(5)10/h1,3-4H,2H2,(H2,8,11). The van der Waals surface area contributed by atoms with Gasteiger partial charge in [0, 0.05) is 0 Å². The van der Waals surface area contributed by atoms with Crippen LogP contribution in [0.1, 0.15) is 10.4 Å². The average Bonchev–Trinajstić information content (AvgIpc) is 2.47. The maximum absolute atomic E-state index is 10.8. The summed E-state index contributed by atoms with van der Waals surface area (Å²) in [6, 6.07) is 0. The van der Waals surface area contributed by atoms with Crippen LogP contribution in [-0.2, 0) is 6.54 Å². The highest BCUT2D eigenvalue weighted by molar-refractivity contribution is 5.94. The number of ether oxygens (including phenoxy) is 1. The third-order valence-corrected chi connectivity index (χ3v) is 1.61. The van der Waals surface area contributed by atoms with Crippen LogP contribution in [0.15, 0.2) is 18.5 Å². The van der Waals surface area contributed by atoms with Crippen LogP contribution < -0.4 is 10.5 Å². The van der Waals surface area contributed by atoms with E-state index < -0.39 is 5.91 Å². The molecule has 2 heterocycles. The largest absolute Gasteiger partial charge is 0.446 e. The van der Waals surface area contributed by atoms with Crippen LogP contribution in [0.3, 0.4) is 0 Å². The SMILES string of the molecule is NC(=O)c1cnn2c1OC=CC2. The number of amides is 1. The van der Waals surface area contributed by atoms with Gasteiger partial charge in [-0.05, 0) is 6.08 Å². The summed E-state index contributed by atoms with van der Waals surface area (Å²) >= 11 is 0. The molecular weight excluding hydrogens is 158 g/mol. The van der Waals surface area contributed by atoms with Gasteiger partial charge in [0.1, 0.15) is 5.56 Å². The molecule has 0 radical (unpaired) electrons. The van der Waals surface area contributed by atoms with Gasteiger partial charge in [0.15, 0.2) is 0 Å². The van der Waals surface area contributed by atoms with E-state index in [4.69, 9.17) is 10.5 Å². The molecule has 0 aliphatic carbocycles. The van der Waals surface area contributed by atoms with Crippen molar-refractivity contribution in [2.45, 2.75) is 6.54 Å². The molecule has 0 aromatic carbocycles. The van der Waals surface area contributed by atoms with Crippen LogP contribution in [0.25, 0.3) is 0 Å². The molecule has 2 N–H and O–H groups in total. The first-order valence-corrected chi connectivity index (χ1v) is 3.46. The Balaban J connectivity index is 2.48. The van der Waals surface area contributed by atoms with E-state index >= 15 is 0 Å². The molecular formula is C7H7N3O2. The predicted molar refractivity (Wildman–Crippen MR) is 40.5 cm³/mol. The maximum Gasteiger partial charge on any atom is 0.255 e. The van der Waals surface area contributed by atoms with E-state index in [0.717, 1.165) is 0 Å². The highest BCUT2D eigenvalue weighted by Gasteiger charge is 2.17. The summed E-state index contributed by atoms with van der Waals surface area (Å²) in [4.78, 5) is 10.8. The molecule has 2 rings (SSSR count). The Bertz CT molecular complexity index is 354. The van der Waals surface area contributed by atoms with Crippen molar-refractivity contribution >= 4 is 5.91 Å². The van der Waals surface area contributed by atoms with Gasteiger partial charge in [0.2, 0.25) is 5.88 Å². The quantitative estimate of drug-likeness (QED) is 0.631. The lowest BCUT2D eigenvalue weighted by molar-refractivity contribution is 0.0997. The molecule has 0 atom stereocenters. The fourth-order valence-electron chi connectivity index (χ4n) is 1.05. The number of allylic oxidation sites excluding steroid dienone is 1. The van der Waals surface area contributed by atoms with Crippen molar-refractivity contribution < 1.29 is 9.53 Å². The van der Waals surface area contributed by atoms with Gasteiger partial charge in [-0.2, -0.15) is 5.10 Å². The number of fused-ring (bicyclic) bond motifs is 1. The molecule has 1 aromatic heterocycles. The second-order valence-electron chi connectivity index (χ2n) is 2.40. The highest BCUT2D eigenvalue weighted by Crippen LogP contribution is 2.20. The van der Waals surface area contributed by atoms with Crippen LogP contribution >= 0.6 is 0 Å². The molecule has 1 aliphatic heterocycles. The third-order valence-electron chi connectivity index (χ3n) is 1.61. The second kappa shape index (κ2) is 2.37. The topological polar surface area (TPSA) is 70.1 Å². The van der Waals surface area contributed by atoms with Crippen molar-refractivity contribution in [1.82, 2.24) is 9.78 Å². The van der Waals surface area contributed by atoms with E-state index in [1.54, 1.807) is 10.8 Å². The minimum Gasteiger partial charge on any atom is -0.446 e. The number of primary amides is 1. The molecule has 62 valence electrons. The molecule has 0 saturated carbocycles. The van der Waals surface area contributed by atoms with Crippen molar-refractivity contribution in [3.63, 3.8) is 0 Å². The van der Waals surface area contributed by atoms with Crippen LogP contribution in [0.4, 0.5) is 0 Å². The number of hydrogen-bond donors (Lipinski definition) is 1. The molecule has 5 heteroatoms. The lowest BCUT2D eigenvalue weighted by Gasteiger charge is -2.08. The number of carbonyl (C=O) groups excluding carboxylic acids is 1. The highest BCUT2D eigenvalue weighted by atomic mass is 16.5. The van der Waals surface area contributed by atoms with E-state index in [1.165, 1.54) is 12.5 Å². The van der Waals surface area contributed by atoms with Crippen LogP contribution in [0.5, 0.6) is 5.88 Å². The molecule has 0 saturated heterocycles. The molecule has 12 heavy (non-hydrogen) atoms. The summed E-state index contributed by atoms with van der Waals surface area (Å²) in [7, 11) is 0. The van der Waals surface area contributed by atoms with Gasteiger partial charge in [0.05, 0.1) is 19.0 Å². The fourth-order valence-corrected chi connectivity index (χ4v) is 1.05. The second-order valence-corrected chi connectivity index (χ2v) is 2.40. The zero-order chi connectivity index (χ0) is 8.55. The van der Waals surface area contributed by atoms with E-state index in [1.807, 2.05) is 0 Å². The van der Waals surface area contributed by atoms with Crippen LogP contribution in [0.2, 0.25) is 0 Å². The first kappa shape index (κ1) is 6.90. The van der Waals surface area contributed by atoms with E-state index in [9.17, 15) is 4.79 Å². The number of hydrogen-bond acceptors (Lipinski definition) is 3. The molecule has 0 unspecified atom stereocenters. The van der Waals surface area contributed by atoms with Crippen molar-refractivity contribution in [1.29, 1.82) is 0 Å². The fraction of sp³-hybridized carbons (Fsp3) is 0.143. The van der Waals surface area contributed by atoms with Crippen LogP contribution in [-0.4, -0.2) is 15.7 Å². The van der Waals surface area contributed by atoms with Crippen molar-refractivity contribution in [2.24, 2.45) is 5.73 Å². The van der Waals surface area contributed by atoms with Gasteiger partial charge in [-0.25, -0.2) is 4.68 Å². The average molecular weight is 165 g/mol. The molecule has 5 nitrogen and oxygen atoms in total. The number of carbonyl (C=O) groups is 1. The molecule has 1 aliphatic rings. The summed E-state index contributed by atoms with van der Waals surface area (Å²) in [6.45, 7) is 0.614. The molecule has 1 amide bonds. The van der Waals surface area contributed by atoms with Crippen molar-refractivity contribution in [3.8, 4) is 5.88 Å². The number of nitrogens with zero attached hydrogens (tertiary/aromatic N) is 2. The Morgan fingerprint density at radius 1 is 1.75 bits per heavy atom. The van der Waals surface area contributed by atoms with Gasteiger partial charge in [-0.3, -0.25) is 4.79 Å². The van der Waals surface area contributed by atoms with Gasteiger partial charge in [0.25, 0.3) is 5.91 Å². The Kier molecular flexibility index (Phi) is 1.36. The normalized spacial score (nSPS) is 13.7. The monoisotopic (exact) mass is 165 g/mol. The zero-order valence-electron chi connectivity index (χ0n) is 6.23. The zero-order valence-corrected chi connectivity index (χ0v) is 6.23. The lowest BCUT2D eigenvalue weighted by Crippen LogP contribution is -2.13. The lowest BCUT2D eigenvalue weighted by atomic mass is 10.3. The minimum atomic E-state index is -0.522. The molecule has 0 bridgehead atoms. The number of nitrogens with two attached hydrogens (primary N) is 1. The summed E-state index contributed by atoms with van der Waals surface area (Å²) < 4.78 is 6.64. The Morgan fingerprint density at radius 2 is 2.58 bits per heavy atom. The summed E-state index contributed by atoms with van der Waals surface area (Å²) in [5.74, 6) is -0.100. The van der Waals surface area contributed by atoms with Gasteiger partial charge < -0.3 is 10.5 Å². The smallest absolute Gasteiger partial charge is 0.255 e. The van der Waals surface area contributed by atoms with Crippen LogP contribution in [0, 0.1) is 0 Å². The summed E-state index contributed by atoms with van der Waals surface area (Å²) in [5, 5.41) is 3.92. The van der Waals surface area contributed by atoms with E-state index in [0.29, 0.717) is 18.0 Å². The Labute approximate surface area is 68.4 Å². The maximum atomic E-state index is 10.8. The molecule has 0 fully saturated rings. The van der Waals surface area contributed by atoms with E-state index in [2.05, 4.69) is 5.10 Å². The molecule has 0 spiro atoms. The number of rotatable bonds is 1. The Hall–Kier alpha value is -1.78. The first-order chi connectivity index (χ1) is 5.79. The van der Waals surface area contributed by atoms with E-state index in [-0.39, 0.29) is 0 Å². The number of aromatic nitrogens is 2. The summed E-state index contributed by atoms with van der Waals surface area (Å²) in [6.07, 6.45) is 4.72. The van der Waals surface area contributed by atoms with Gasteiger partial charge in [-0.1, -0.05) is 0 Å². The minimum absolute atomic E-state index is 0.319. The molecule has 1 aromatic rings. The predicted octanol–water partition coefficient (Wildman–Crippen LogP) is -0.112. The Morgan fingerprint density at radius 3 is 3.33 bits per heavy atom. The van der Waals surface area contributed by atoms with Gasteiger partial charge in [-0.15, -0.1) is 0 Å². The van der Waals surface area contributed by atoms with Crippen molar-refractivity contribution in [3.05, 3.63) is 24.1 Å². The third kappa shape index (κ3) is 0.868. The van der Waals surface area contributed by atoms with Crippen molar-refractivity contribution in [2.75, 3.05) is 0 Å². The first-order valence-electron chi connectivity index (χ1n) is 3.46. The summed E-state index contributed by atoms with van der Waals surface area (Å²) in [5.41, 5.74) is 5.40.